The molecule has 1 aliphatic carbocycles. The van der Waals surface area contributed by atoms with Crippen molar-refractivity contribution >= 4 is 18.0 Å². The van der Waals surface area contributed by atoms with Crippen molar-refractivity contribution < 1.29 is 19.0 Å². The van der Waals surface area contributed by atoms with Crippen LogP contribution in [0.2, 0.25) is 0 Å². The summed E-state index contributed by atoms with van der Waals surface area (Å²) in [6.45, 7) is 9.07. The molecule has 3 rings (SSSR count). The van der Waals surface area contributed by atoms with Gasteiger partial charge in [-0.3, -0.25) is 4.79 Å². The van der Waals surface area contributed by atoms with Crippen molar-refractivity contribution in [3.63, 3.8) is 0 Å². The minimum Gasteiger partial charge on any atom is -0.458 e. The minimum absolute atomic E-state index is 0.00563. The van der Waals surface area contributed by atoms with E-state index in [9.17, 15) is 4.79 Å². The molecule has 1 saturated heterocycles. The number of aryl methyl sites for hydroxylation is 1. The lowest BCUT2D eigenvalue weighted by Gasteiger charge is -2.47. The number of nitrogens with zero attached hydrogens (tertiary/aromatic N) is 2. The SMILES string of the molecule is C=C1CCN(C=Nc2ccc3c(c2)C(OC(C)=O)CCC3)C(COC)C1(C)OC. The van der Waals surface area contributed by atoms with Gasteiger partial charge in [0.05, 0.1) is 24.7 Å². The first-order valence-corrected chi connectivity index (χ1v) is 10.2. The fourth-order valence-corrected chi connectivity index (χ4v) is 4.34. The zero-order valence-electron chi connectivity index (χ0n) is 17.9. The first-order chi connectivity index (χ1) is 13.9. The maximum absolute atomic E-state index is 11.5. The van der Waals surface area contributed by atoms with Crippen LogP contribution in [0.1, 0.15) is 50.3 Å². The molecule has 3 unspecified atom stereocenters. The summed E-state index contributed by atoms with van der Waals surface area (Å²) in [4.78, 5) is 18.4. The second-order valence-electron chi connectivity index (χ2n) is 7.99. The number of fused-ring (bicyclic) bond motifs is 1. The molecule has 1 aromatic rings. The Hall–Kier alpha value is -2.18. The first-order valence-electron chi connectivity index (χ1n) is 10.2. The van der Waals surface area contributed by atoms with Gasteiger partial charge in [0.1, 0.15) is 11.7 Å². The number of likely N-dealkylation sites (tertiary alicyclic amines) is 1. The van der Waals surface area contributed by atoms with E-state index in [2.05, 4.69) is 24.5 Å². The number of hydrogen-bond acceptors (Lipinski definition) is 5. The number of carbonyl (C=O) groups excluding carboxylic acids is 1. The summed E-state index contributed by atoms with van der Waals surface area (Å²) in [6.07, 6.45) is 5.43. The number of rotatable bonds is 6. The molecule has 6 heteroatoms. The number of carbonyl (C=O) groups is 1. The van der Waals surface area contributed by atoms with Crippen LogP contribution in [0.25, 0.3) is 0 Å². The van der Waals surface area contributed by atoms with Crippen LogP contribution in [-0.2, 0) is 25.4 Å². The summed E-state index contributed by atoms with van der Waals surface area (Å²) in [5, 5.41) is 0. The Balaban J connectivity index is 1.83. The Labute approximate surface area is 173 Å². The number of ether oxygens (including phenoxy) is 3. The van der Waals surface area contributed by atoms with E-state index in [1.54, 1.807) is 14.2 Å². The third-order valence-corrected chi connectivity index (χ3v) is 6.21. The van der Waals surface area contributed by atoms with Gasteiger partial charge in [0.25, 0.3) is 0 Å². The zero-order valence-corrected chi connectivity index (χ0v) is 17.9. The van der Waals surface area contributed by atoms with Gasteiger partial charge in [0, 0.05) is 27.7 Å². The lowest BCUT2D eigenvalue weighted by Crippen LogP contribution is -2.58. The smallest absolute Gasteiger partial charge is 0.303 e. The van der Waals surface area contributed by atoms with Crippen LogP contribution in [0.4, 0.5) is 5.69 Å². The van der Waals surface area contributed by atoms with E-state index in [-0.39, 0.29) is 18.1 Å². The highest BCUT2D eigenvalue weighted by atomic mass is 16.5. The van der Waals surface area contributed by atoms with Crippen LogP contribution in [0.15, 0.2) is 35.3 Å². The molecule has 0 amide bonds. The van der Waals surface area contributed by atoms with Crippen LogP contribution < -0.4 is 0 Å². The van der Waals surface area contributed by atoms with Gasteiger partial charge in [-0.15, -0.1) is 0 Å². The van der Waals surface area contributed by atoms with Gasteiger partial charge in [-0.2, -0.15) is 0 Å². The maximum atomic E-state index is 11.5. The average molecular weight is 401 g/mol. The summed E-state index contributed by atoms with van der Waals surface area (Å²) < 4.78 is 16.8. The molecule has 0 radical (unpaired) electrons. The van der Waals surface area contributed by atoms with Gasteiger partial charge in [-0.05, 0) is 61.4 Å². The normalized spacial score (nSPS) is 27.2. The third kappa shape index (κ3) is 4.54. The summed E-state index contributed by atoms with van der Waals surface area (Å²) >= 11 is 0. The molecular weight excluding hydrogens is 368 g/mol. The second-order valence-corrected chi connectivity index (χ2v) is 7.99. The monoisotopic (exact) mass is 400 g/mol. The molecular formula is C23H32N2O4. The molecule has 6 nitrogen and oxygen atoms in total. The number of aliphatic imine (C=N–C) groups is 1. The lowest BCUT2D eigenvalue weighted by atomic mass is 9.82. The molecule has 29 heavy (non-hydrogen) atoms. The molecule has 0 aromatic heterocycles. The van der Waals surface area contributed by atoms with E-state index in [0.717, 1.165) is 49.1 Å². The molecule has 158 valence electrons. The molecule has 1 fully saturated rings. The lowest BCUT2D eigenvalue weighted by molar-refractivity contribution is -0.147. The van der Waals surface area contributed by atoms with Crippen LogP contribution in [0.5, 0.6) is 0 Å². The predicted molar refractivity (Wildman–Crippen MR) is 114 cm³/mol. The van der Waals surface area contributed by atoms with Gasteiger partial charge < -0.3 is 19.1 Å². The Kier molecular flexibility index (Phi) is 6.75. The molecule has 1 aromatic carbocycles. The summed E-state index contributed by atoms with van der Waals surface area (Å²) in [5.41, 5.74) is 3.74. The Bertz CT molecular complexity index is 791. The molecule has 1 heterocycles. The summed E-state index contributed by atoms with van der Waals surface area (Å²) in [6, 6.07) is 6.16. The van der Waals surface area contributed by atoms with Crippen LogP contribution >= 0.6 is 0 Å². The summed E-state index contributed by atoms with van der Waals surface area (Å²) in [5.74, 6) is -0.244. The van der Waals surface area contributed by atoms with Crippen LogP contribution in [0.3, 0.4) is 0 Å². The third-order valence-electron chi connectivity index (χ3n) is 6.21. The molecule has 0 N–H and O–H groups in total. The number of hydrogen-bond donors (Lipinski definition) is 0. The van der Waals surface area contributed by atoms with Crippen LogP contribution in [-0.4, -0.2) is 56.2 Å². The molecule has 1 aliphatic heterocycles. The summed E-state index contributed by atoms with van der Waals surface area (Å²) in [7, 11) is 3.41. The highest BCUT2D eigenvalue weighted by Gasteiger charge is 2.43. The van der Waals surface area contributed by atoms with E-state index < -0.39 is 5.60 Å². The van der Waals surface area contributed by atoms with Crippen molar-refractivity contribution in [1.29, 1.82) is 0 Å². The molecule has 0 bridgehead atoms. The first kappa shape index (κ1) is 21.5. The largest absolute Gasteiger partial charge is 0.458 e. The molecule has 3 atom stereocenters. The Morgan fingerprint density at radius 3 is 2.86 bits per heavy atom. The fraction of sp³-hybridized carbons (Fsp3) is 0.565. The van der Waals surface area contributed by atoms with Crippen molar-refractivity contribution in [2.45, 2.75) is 57.3 Å². The van der Waals surface area contributed by atoms with E-state index in [1.165, 1.54) is 12.5 Å². The van der Waals surface area contributed by atoms with E-state index in [1.807, 2.05) is 18.5 Å². The molecule has 2 aliphatic rings. The number of benzene rings is 1. The topological polar surface area (TPSA) is 60.4 Å². The van der Waals surface area contributed by atoms with Crippen molar-refractivity contribution in [2.24, 2.45) is 4.99 Å². The van der Waals surface area contributed by atoms with Gasteiger partial charge in [-0.1, -0.05) is 12.6 Å². The van der Waals surface area contributed by atoms with E-state index in [4.69, 9.17) is 19.2 Å². The number of methoxy groups -OCH3 is 2. The highest BCUT2D eigenvalue weighted by Crippen LogP contribution is 2.36. The standard InChI is InChI=1S/C23H32N2O4/c1-16-11-12-25(22(14-27-4)23(16,3)28-5)15-24-19-10-9-18-7-6-8-21(20(18)13-19)29-17(2)26/h9-10,13,15,21-22H,1,6-8,11-12,14H2,2-5H3. The van der Waals surface area contributed by atoms with Crippen molar-refractivity contribution in [1.82, 2.24) is 4.90 Å². The van der Waals surface area contributed by atoms with E-state index >= 15 is 0 Å². The van der Waals surface area contributed by atoms with Crippen molar-refractivity contribution in [3.8, 4) is 0 Å². The van der Waals surface area contributed by atoms with Gasteiger partial charge in [-0.25, -0.2) is 4.99 Å². The highest BCUT2D eigenvalue weighted by molar-refractivity contribution is 5.67. The number of esters is 1. The van der Waals surface area contributed by atoms with Gasteiger partial charge in [0.2, 0.25) is 0 Å². The molecule has 0 saturated carbocycles. The second kappa shape index (κ2) is 9.09. The Morgan fingerprint density at radius 2 is 2.17 bits per heavy atom. The maximum Gasteiger partial charge on any atom is 0.303 e. The van der Waals surface area contributed by atoms with Crippen molar-refractivity contribution in [2.75, 3.05) is 27.4 Å². The number of piperidine rings is 1. The predicted octanol–water partition coefficient (Wildman–Crippen LogP) is 3.97. The minimum atomic E-state index is -0.490. The van der Waals surface area contributed by atoms with Crippen LogP contribution in [0, 0.1) is 0 Å². The zero-order chi connectivity index (χ0) is 21.0. The van der Waals surface area contributed by atoms with Gasteiger partial charge in [0.15, 0.2) is 0 Å². The average Bonchev–Trinajstić information content (AvgIpc) is 2.71. The quantitative estimate of drug-likeness (QED) is 0.313. The Morgan fingerprint density at radius 1 is 1.38 bits per heavy atom. The van der Waals surface area contributed by atoms with Crippen molar-refractivity contribution in [3.05, 3.63) is 41.5 Å². The van der Waals surface area contributed by atoms with Gasteiger partial charge >= 0.3 is 5.97 Å². The fourth-order valence-electron chi connectivity index (χ4n) is 4.34. The molecule has 0 spiro atoms. The van der Waals surface area contributed by atoms with E-state index in [0.29, 0.717) is 6.61 Å².